The van der Waals surface area contributed by atoms with E-state index in [4.69, 9.17) is 0 Å². The lowest BCUT2D eigenvalue weighted by atomic mass is 9.62. The van der Waals surface area contributed by atoms with Crippen LogP contribution in [0.4, 0.5) is 0 Å². The lowest BCUT2D eigenvalue weighted by Crippen LogP contribution is -2.46. The summed E-state index contributed by atoms with van der Waals surface area (Å²) >= 11 is 0. The molecule has 6 heteroatoms. The molecule has 2 unspecified atom stereocenters. The fourth-order valence-electron chi connectivity index (χ4n) is 6.84. The highest BCUT2D eigenvalue weighted by Gasteiger charge is 2.52. The molecule has 3 saturated carbocycles. The Morgan fingerprint density at radius 2 is 1.91 bits per heavy atom. The number of aliphatic hydroxyl groups excluding tert-OH is 1. The van der Waals surface area contributed by atoms with Crippen LogP contribution in [0.1, 0.15) is 68.7 Å². The molecule has 3 aliphatic carbocycles. The minimum Gasteiger partial charge on any atom is -0.392 e. The number of amides is 1. The van der Waals surface area contributed by atoms with Gasteiger partial charge in [-0.05, 0) is 68.1 Å². The summed E-state index contributed by atoms with van der Waals surface area (Å²) in [6.07, 6.45) is 12.3. The molecule has 2 atom stereocenters. The molecule has 0 spiro atoms. The van der Waals surface area contributed by atoms with Crippen LogP contribution >= 0.6 is 0 Å². The van der Waals surface area contributed by atoms with Crippen LogP contribution in [-0.2, 0) is 11.3 Å². The van der Waals surface area contributed by atoms with Gasteiger partial charge in [-0.2, -0.15) is 0 Å². The van der Waals surface area contributed by atoms with E-state index < -0.39 is 6.10 Å². The number of rotatable bonds is 6. The van der Waals surface area contributed by atoms with Gasteiger partial charge in [0.05, 0.1) is 42.6 Å². The van der Waals surface area contributed by atoms with Gasteiger partial charge in [-0.3, -0.25) is 9.78 Å². The second-order valence-electron chi connectivity index (χ2n) is 10.5. The van der Waals surface area contributed by atoms with Crippen LogP contribution < -0.4 is 5.32 Å². The van der Waals surface area contributed by atoms with Crippen LogP contribution in [0.25, 0.3) is 11.3 Å². The number of carbonyl (C=O) groups excluding carboxylic acids is 1. The molecule has 4 aliphatic rings. The van der Waals surface area contributed by atoms with Crippen molar-refractivity contribution in [2.75, 3.05) is 0 Å². The second-order valence-corrected chi connectivity index (χ2v) is 10.5. The first-order valence-electron chi connectivity index (χ1n) is 12.6. The molecule has 6 nitrogen and oxygen atoms in total. The van der Waals surface area contributed by atoms with Crippen molar-refractivity contribution in [3.8, 4) is 11.3 Å². The Labute approximate surface area is 200 Å². The van der Waals surface area contributed by atoms with Gasteiger partial charge in [0, 0.05) is 17.2 Å². The molecule has 1 aromatic carbocycles. The number of hydrogen-bond donors (Lipinski definition) is 2. The summed E-state index contributed by atoms with van der Waals surface area (Å²) in [5.41, 5.74) is 4.13. The molecule has 0 radical (unpaired) electrons. The molecule has 2 N–H and O–H groups in total. The van der Waals surface area contributed by atoms with E-state index in [1.165, 1.54) is 11.1 Å². The number of imidazole rings is 1. The van der Waals surface area contributed by atoms with Crippen LogP contribution in [0.2, 0.25) is 0 Å². The zero-order valence-corrected chi connectivity index (χ0v) is 19.5. The lowest BCUT2D eigenvalue weighted by Gasteiger charge is -2.45. The second kappa shape index (κ2) is 8.35. The Bertz CT molecular complexity index is 1180. The van der Waals surface area contributed by atoms with E-state index in [0.29, 0.717) is 13.0 Å². The number of carbonyl (C=O) groups is 1. The van der Waals surface area contributed by atoms with Crippen LogP contribution in [-0.4, -0.2) is 31.7 Å². The van der Waals surface area contributed by atoms with Gasteiger partial charge in [-0.25, -0.2) is 4.98 Å². The first kappa shape index (κ1) is 21.5. The smallest absolute Gasteiger partial charge is 0.226 e. The molecule has 0 saturated heterocycles. The Kier molecular flexibility index (Phi) is 5.29. The highest BCUT2D eigenvalue weighted by molar-refractivity contribution is 5.82. The van der Waals surface area contributed by atoms with E-state index in [1.54, 1.807) is 6.20 Å². The molecule has 176 valence electrons. The average molecular weight is 457 g/mol. The minimum absolute atomic E-state index is 0.0977. The Morgan fingerprint density at radius 1 is 1.09 bits per heavy atom. The molecule has 1 aliphatic heterocycles. The lowest BCUT2D eigenvalue weighted by molar-refractivity contribution is -0.135. The largest absolute Gasteiger partial charge is 0.392 e. The summed E-state index contributed by atoms with van der Waals surface area (Å²) in [5.74, 6) is 0.163. The topological polar surface area (TPSA) is 80.0 Å². The van der Waals surface area contributed by atoms with Crippen molar-refractivity contribution >= 4 is 5.91 Å². The van der Waals surface area contributed by atoms with Gasteiger partial charge >= 0.3 is 0 Å². The van der Waals surface area contributed by atoms with E-state index in [2.05, 4.69) is 44.1 Å². The zero-order valence-electron chi connectivity index (χ0n) is 19.5. The normalized spacial score (nSPS) is 28.1. The molecule has 1 amide bonds. The van der Waals surface area contributed by atoms with Crippen molar-refractivity contribution in [2.24, 2.45) is 10.8 Å². The number of aliphatic hydroxyl groups is 1. The molecular weight excluding hydrogens is 424 g/mol. The maximum absolute atomic E-state index is 13.3. The van der Waals surface area contributed by atoms with E-state index in [1.807, 2.05) is 30.7 Å². The number of benzene rings is 1. The Hall–Kier alpha value is -2.99. The van der Waals surface area contributed by atoms with Gasteiger partial charge in [0.2, 0.25) is 5.91 Å². The highest BCUT2D eigenvalue weighted by Crippen LogP contribution is 2.57. The third-order valence-electron chi connectivity index (χ3n) is 8.92. The summed E-state index contributed by atoms with van der Waals surface area (Å²) in [7, 11) is 0. The molecule has 3 aromatic rings. The summed E-state index contributed by atoms with van der Waals surface area (Å²) in [6.45, 7) is 0.476. The predicted octanol–water partition coefficient (Wildman–Crippen LogP) is 4.65. The number of hydrogen-bond acceptors (Lipinski definition) is 4. The van der Waals surface area contributed by atoms with Gasteiger partial charge in [0.15, 0.2) is 0 Å². The maximum atomic E-state index is 13.3. The molecule has 3 fully saturated rings. The molecule has 7 rings (SSSR count). The van der Waals surface area contributed by atoms with Crippen LogP contribution in [0, 0.1) is 10.8 Å². The van der Waals surface area contributed by atoms with Crippen molar-refractivity contribution in [1.82, 2.24) is 19.9 Å². The quantitative estimate of drug-likeness (QED) is 0.566. The van der Waals surface area contributed by atoms with Gasteiger partial charge in [-0.1, -0.05) is 36.8 Å². The van der Waals surface area contributed by atoms with Crippen molar-refractivity contribution in [3.63, 3.8) is 0 Å². The summed E-state index contributed by atoms with van der Waals surface area (Å²) < 4.78 is 2.22. The summed E-state index contributed by atoms with van der Waals surface area (Å²) in [6, 6.07) is 14.4. The van der Waals surface area contributed by atoms with Crippen molar-refractivity contribution in [1.29, 1.82) is 0 Å². The number of aromatic nitrogens is 3. The Morgan fingerprint density at radius 3 is 2.74 bits per heavy atom. The number of nitrogens with one attached hydrogen (secondary N) is 1. The molecule has 2 aromatic heterocycles. The third kappa shape index (κ3) is 3.47. The van der Waals surface area contributed by atoms with Crippen LogP contribution in [0.15, 0.2) is 61.2 Å². The monoisotopic (exact) mass is 456 g/mol. The van der Waals surface area contributed by atoms with E-state index in [9.17, 15) is 9.90 Å². The van der Waals surface area contributed by atoms with Gasteiger partial charge in [0.1, 0.15) is 0 Å². The van der Waals surface area contributed by atoms with E-state index in [0.717, 1.165) is 56.3 Å². The van der Waals surface area contributed by atoms with Gasteiger partial charge in [-0.15, -0.1) is 0 Å². The average Bonchev–Trinajstić information content (AvgIpc) is 3.33. The Balaban J connectivity index is 1.16. The summed E-state index contributed by atoms with van der Waals surface area (Å²) in [4.78, 5) is 22.0. The van der Waals surface area contributed by atoms with Crippen LogP contribution in [0.5, 0.6) is 0 Å². The SMILES string of the molecule is O=C(NCc1ccccn1)C12CCCC(C(O)CC3c4ccccc4-c4cncn43)(CC1)CC2. The van der Waals surface area contributed by atoms with Crippen LogP contribution in [0.3, 0.4) is 0 Å². The molecule has 2 bridgehead atoms. The van der Waals surface area contributed by atoms with E-state index in [-0.39, 0.29) is 22.8 Å². The molecule has 3 heterocycles. The molecule has 34 heavy (non-hydrogen) atoms. The van der Waals surface area contributed by atoms with Crippen molar-refractivity contribution in [2.45, 2.75) is 70.1 Å². The number of pyridine rings is 1. The van der Waals surface area contributed by atoms with Crippen molar-refractivity contribution < 1.29 is 9.90 Å². The first-order chi connectivity index (χ1) is 16.6. The minimum atomic E-state index is -0.397. The highest BCUT2D eigenvalue weighted by atomic mass is 16.3. The zero-order chi connectivity index (χ0) is 23.2. The first-order valence-corrected chi connectivity index (χ1v) is 12.6. The van der Waals surface area contributed by atoms with Gasteiger partial charge < -0.3 is 15.0 Å². The fourth-order valence-corrected chi connectivity index (χ4v) is 6.84. The summed E-state index contributed by atoms with van der Waals surface area (Å²) in [5, 5.41) is 14.8. The van der Waals surface area contributed by atoms with Crippen molar-refractivity contribution in [3.05, 3.63) is 72.4 Å². The molecular formula is C28H32N4O2. The number of nitrogens with zero attached hydrogens (tertiary/aromatic N) is 3. The third-order valence-corrected chi connectivity index (χ3v) is 8.92. The predicted molar refractivity (Wildman–Crippen MR) is 130 cm³/mol. The van der Waals surface area contributed by atoms with Gasteiger partial charge in [0.25, 0.3) is 0 Å². The number of fused-ring (bicyclic) bond motifs is 7. The van der Waals surface area contributed by atoms with E-state index >= 15 is 0 Å². The maximum Gasteiger partial charge on any atom is 0.226 e. The standard InChI is InChI=1S/C28H32N4O2/c33-25(16-23-21-7-1-2-8-22(21)24-18-29-19-32(23)24)27-9-5-10-28(13-11-27,14-12-27)26(34)31-17-20-6-3-4-15-30-20/h1-4,6-8,15,18-19,23,25,33H,5,9-14,16-17H2,(H,31,34). The fraction of sp³-hybridized carbons (Fsp3) is 0.464.